The van der Waals surface area contributed by atoms with Crippen molar-refractivity contribution in [2.75, 3.05) is 17.6 Å². The number of nitrogens with zero attached hydrogens (tertiary/aromatic N) is 2. The van der Waals surface area contributed by atoms with Crippen molar-refractivity contribution in [3.8, 4) is 0 Å². The van der Waals surface area contributed by atoms with Crippen molar-refractivity contribution in [3.63, 3.8) is 0 Å². The molecular weight excluding hydrogens is 307 g/mol. The summed E-state index contributed by atoms with van der Waals surface area (Å²) < 4.78 is 14.3. The molecular formula is C10H10BrFN4S. The van der Waals surface area contributed by atoms with E-state index in [0.29, 0.717) is 6.54 Å². The molecule has 2 rings (SSSR count). The number of hydrogen-bond donors (Lipinski definition) is 2. The SMILES string of the molecule is Nc1ncc(F)c(NCCc2ccc(Br)s2)n1. The molecule has 7 heteroatoms. The normalized spacial score (nSPS) is 10.5. The zero-order valence-corrected chi connectivity index (χ0v) is 11.2. The maximum Gasteiger partial charge on any atom is 0.222 e. The van der Waals surface area contributed by atoms with Crippen LogP contribution in [0.2, 0.25) is 0 Å². The smallest absolute Gasteiger partial charge is 0.222 e. The number of aromatic nitrogens is 2. The van der Waals surface area contributed by atoms with Gasteiger partial charge < -0.3 is 11.1 Å². The van der Waals surface area contributed by atoms with Crippen molar-refractivity contribution in [3.05, 3.63) is 32.8 Å². The maximum atomic E-state index is 13.3. The minimum atomic E-state index is -0.494. The topological polar surface area (TPSA) is 63.8 Å². The Labute approximate surface area is 110 Å². The van der Waals surface area contributed by atoms with E-state index in [1.54, 1.807) is 11.3 Å². The summed E-state index contributed by atoms with van der Waals surface area (Å²) in [5.74, 6) is -0.285. The molecule has 2 aromatic rings. The highest BCUT2D eigenvalue weighted by Crippen LogP contribution is 2.22. The lowest BCUT2D eigenvalue weighted by Gasteiger charge is -2.05. The highest BCUT2D eigenvalue weighted by molar-refractivity contribution is 9.11. The van der Waals surface area contributed by atoms with Crippen LogP contribution in [-0.4, -0.2) is 16.5 Å². The number of halogens is 2. The first-order valence-corrected chi connectivity index (χ1v) is 6.52. The van der Waals surface area contributed by atoms with E-state index in [1.807, 2.05) is 12.1 Å². The van der Waals surface area contributed by atoms with Gasteiger partial charge in [-0.3, -0.25) is 0 Å². The summed E-state index contributed by atoms with van der Waals surface area (Å²) in [5, 5.41) is 2.90. The summed E-state index contributed by atoms with van der Waals surface area (Å²) >= 11 is 5.05. The minimum absolute atomic E-state index is 0.0627. The molecule has 3 N–H and O–H groups in total. The molecule has 2 heterocycles. The van der Waals surface area contributed by atoms with E-state index in [2.05, 4.69) is 31.2 Å². The number of rotatable bonds is 4. The molecule has 0 radical (unpaired) electrons. The minimum Gasteiger partial charge on any atom is -0.368 e. The predicted octanol–water partition coefficient (Wildman–Crippen LogP) is 2.68. The van der Waals surface area contributed by atoms with Gasteiger partial charge in [0.05, 0.1) is 9.98 Å². The molecule has 0 amide bonds. The largest absolute Gasteiger partial charge is 0.368 e. The second-order valence-electron chi connectivity index (χ2n) is 3.31. The first kappa shape index (κ1) is 12.3. The zero-order chi connectivity index (χ0) is 12.3. The van der Waals surface area contributed by atoms with Crippen molar-refractivity contribution in [1.82, 2.24) is 9.97 Å². The molecule has 0 unspecified atom stereocenters. The molecule has 2 aromatic heterocycles. The molecule has 0 atom stereocenters. The van der Waals surface area contributed by atoms with Crippen molar-refractivity contribution in [2.24, 2.45) is 0 Å². The Bertz CT molecular complexity index is 517. The van der Waals surface area contributed by atoms with Crippen LogP contribution in [0.15, 0.2) is 22.1 Å². The van der Waals surface area contributed by atoms with Crippen molar-refractivity contribution in [2.45, 2.75) is 6.42 Å². The Morgan fingerprint density at radius 3 is 3.00 bits per heavy atom. The van der Waals surface area contributed by atoms with E-state index in [4.69, 9.17) is 5.73 Å². The average Bonchev–Trinajstić information content (AvgIpc) is 2.69. The van der Waals surface area contributed by atoms with E-state index in [9.17, 15) is 4.39 Å². The van der Waals surface area contributed by atoms with Gasteiger partial charge in [-0.05, 0) is 34.5 Å². The van der Waals surface area contributed by atoms with Crippen molar-refractivity contribution in [1.29, 1.82) is 0 Å². The Morgan fingerprint density at radius 1 is 1.47 bits per heavy atom. The fraction of sp³-hybridized carbons (Fsp3) is 0.200. The van der Waals surface area contributed by atoms with Crippen LogP contribution in [0.4, 0.5) is 16.2 Å². The van der Waals surface area contributed by atoms with Gasteiger partial charge in [0.2, 0.25) is 5.95 Å². The van der Waals surface area contributed by atoms with Crippen LogP contribution < -0.4 is 11.1 Å². The van der Waals surface area contributed by atoms with E-state index >= 15 is 0 Å². The van der Waals surface area contributed by atoms with E-state index < -0.39 is 5.82 Å². The van der Waals surface area contributed by atoms with Gasteiger partial charge in [-0.2, -0.15) is 4.98 Å². The van der Waals surface area contributed by atoms with Gasteiger partial charge in [-0.15, -0.1) is 11.3 Å². The molecule has 0 saturated carbocycles. The molecule has 17 heavy (non-hydrogen) atoms. The van der Waals surface area contributed by atoms with Crippen LogP contribution >= 0.6 is 27.3 Å². The molecule has 0 aliphatic carbocycles. The summed E-state index contributed by atoms with van der Waals surface area (Å²) in [4.78, 5) is 8.55. The average molecular weight is 317 g/mol. The number of hydrogen-bond acceptors (Lipinski definition) is 5. The van der Waals surface area contributed by atoms with Gasteiger partial charge in [-0.1, -0.05) is 0 Å². The third-order valence-corrected chi connectivity index (χ3v) is 3.74. The van der Waals surface area contributed by atoms with Crippen molar-refractivity contribution >= 4 is 39.0 Å². The third-order valence-electron chi connectivity index (χ3n) is 2.06. The van der Waals surface area contributed by atoms with Crippen molar-refractivity contribution < 1.29 is 4.39 Å². The van der Waals surface area contributed by atoms with Gasteiger partial charge in [-0.25, -0.2) is 9.37 Å². The Kier molecular flexibility index (Phi) is 3.90. The second-order valence-corrected chi connectivity index (χ2v) is 5.85. The molecule has 0 aliphatic heterocycles. The number of nitrogens with one attached hydrogen (secondary N) is 1. The van der Waals surface area contributed by atoms with E-state index in [1.165, 1.54) is 4.88 Å². The molecule has 0 aliphatic rings. The lowest BCUT2D eigenvalue weighted by Crippen LogP contribution is -2.09. The van der Waals surface area contributed by atoms with Gasteiger partial charge in [0.15, 0.2) is 11.6 Å². The van der Waals surface area contributed by atoms with Crippen LogP contribution in [0.3, 0.4) is 0 Å². The Hall–Kier alpha value is -1.21. The summed E-state index contributed by atoms with van der Waals surface area (Å²) in [6.45, 7) is 0.598. The Balaban J connectivity index is 1.91. The third kappa shape index (κ3) is 3.37. The fourth-order valence-electron chi connectivity index (χ4n) is 1.29. The van der Waals surface area contributed by atoms with Gasteiger partial charge in [0, 0.05) is 11.4 Å². The van der Waals surface area contributed by atoms with Crippen LogP contribution in [0.25, 0.3) is 0 Å². The van der Waals surface area contributed by atoms with Gasteiger partial charge in [0.25, 0.3) is 0 Å². The lowest BCUT2D eigenvalue weighted by molar-refractivity contribution is 0.617. The number of thiophene rings is 1. The summed E-state index contributed by atoms with van der Waals surface area (Å²) in [6.07, 6.45) is 1.87. The van der Waals surface area contributed by atoms with E-state index in [0.717, 1.165) is 16.4 Å². The van der Waals surface area contributed by atoms with Crippen LogP contribution in [-0.2, 0) is 6.42 Å². The lowest BCUT2D eigenvalue weighted by atomic mass is 10.3. The zero-order valence-electron chi connectivity index (χ0n) is 8.78. The summed E-state index contributed by atoms with van der Waals surface area (Å²) in [6, 6.07) is 4.02. The van der Waals surface area contributed by atoms with Gasteiger partial charge >= 0.3 is 0 Å². The molecule has 0 bridgehead atoms. The maximum absolute atomic E-state index is 13.3. The fourth-order valence-corrected chi connectivity index (χ4v) is 2.78. The molecule has 90 valence electrons. The first-order valence-electron chi connectivity index (χ1n) is 4.91. The number of anilines is 2. The van der Waals surface area contributed by atoms with Crippen LogP contribution in [0.1, 0.15) is 4.88 Å². The van der Waals surface area contributed by atoms with Crippen LogP contribution in [0.5, 0.6) is 0 Å². The number of nitrogen functional groups attached to an aromatic ring is 1. The number of nitrogens with two attached hydrogens (primary N) is 1. The highest BCUT2D eigenvalue weighted by atomic mass is 79.9. The molecule has 4 nitrogen and oxygen atoms in total. The standard InChI is InChI=1S/C10H10BrFN4S/c11-8-2-1-6(17-8)3-4-14-9-7(12)5-15-10(13)16-9/h1-2,5H,3-4H2,(H3,13,14,15,16). The van der Waals surface area contributed by atoms with Crippen LogP contribution in [0, 0.1) is 5.82 Å². The summed E-state index contributed by atoms with van der Waals surface area (Å²) in [7, 11) is 0. The molecule has 0 saturated heterocycles. The Morgan fingerprint density at radius 2 is 2.29 bits per heavy atom. The summed E-state index contributed by atoms with van der Waals surface area (Å²) in [5.41, 5.74) is 5.38. The van der Waals surface area contributed by atoms with Gasteiger partial charge in [0.1, 0.15) is 0 Å². The predicted molar refractivity (Wildman–Crippen MR) is 70.6 cm³/mol. The highest BCUT2D eigenvalue weighted by Gasteiger charge is 2.05. The molecule has 0 aromatic carbocycles. The quantitative estimate of drug-likeness (QED) is 0.910. The first-order chi connectivity index (χ1) is 8.15. The van der Waals surface area contributed by atoms with E-state index in [-0.39, 0.29) is 11.8 Å². The molecule has 0 spiro atoms. The molecule has 0 fully saturated rings. The monoisotopic (exact) mass is 316 g/mol. The second kappa shape index (κ2) is 5.42.